The molecule has 76 valence electrons. The third-order valence-corrected chi connectivity index (χ3v) is 1.58. The molecule has 1 unspecified atom stereocenters. The lowest BCUT2D eigenvalue weighted by molar-refractivity contribution is 0.297. The van der Waals surface area contributed by atoms with E-state index in [9.17, 15) is 0 Å². The second-order valence-electron chi connectivity index (χ2n) is 5.84. The number of hydrogen-bond donors (Lipinski definition) is 1. The van der Waals surface area contributed by atoms with Crippen LogP contribution in [-0.4, -0.2) is 11.6 Å². The molecule has 1 atom stereocenters. The van der Waals surface area contributed by atoms with E-state index in [0.717, 1.165) is 6.42 Å². The highest BCUT2D eigenvalue weighted by Crippen LogP contribution is 2.21. The molecule has 0 rings (SSSR count). The standard InChI is InChI=1S/C11H22N2/c1-10(2,3)7-9(8-12)13-11(4,5)6/h9,13H,7H2,1-6H3. The average molecular weight is 182 g/mol. The molecule has 0 fully saturated rings. The number of nitrogens with zero attached hydrogens (tertiary/aromatic N) is 1. The molecule has 0 aliphatic heterocycles. The minimum atomic E-state index is -0.0417. The zero-order valence-electron chi connectivity index (χ0n) is 9.73. The second kappa shape index (κ2) is 4.11. The maximum absolute atomic E-state index is 8.94. The van der Waals surface area contributed by atoms with E-state index in [2.05, 4.69) is 52.9 Å². The van der Waals surface area contributed by atoms with Gasteiger partial charge in [0.25, 0.3) is 0 Å². The molecule has 0 aromatic heterocycles. The van der Waals surface area contributed by atoms with Gasteiger partial charge >= 0.3 is 0 Å². The Morgan fingerprint density at radius 1 is 1.15 bits per heavy atom. The van der Waals surface area contributed by atoms with Crippen molar-refractivity contribution >= 4 is 0 Å². The van der Waals surface area contributed by atoms with Gasteiger partial charge in [0.1, 0.15) is 0 Å². The molecule has 0 aliphatic rings. The lowest BCUT2D eigenvalue weighted by Crippen LogP contribution is -2.44. The molecule has 0 heterocycles. The Hall–Kier alpha value is -0.550. The predicted octanol–water partition coefficient (Wildman–Crippen LogP) is 2.70. The van der Waals surface area contributed by atoms with Gasteiger partial charge in [0, 0.05) is 5.54 Å². The molecular weight excluding hydrogens is 160 g/mol. The molecule has 0 spiro atoms. The van der Waals surface area contributed by atoms with Gasteiger partial charge < -0.3 is 0 Å². The summed E-state index contributed by atoms with van der Waals surface area (Å²) in [5, 5.41) is 12.2. The van der Waals surface area contributed by atoms with E-state index in [1.54, 1.807) is 0 Å². The van der Waals surface area contributed by atoms with Crippen LogP contribution in [0.15, 0.2) is 0 Å². The Labute approximate surface area is 82.3 Å². The molecule has 0 aromatic rings. The van der Waals surface area contributed by atoms with E-state index in [-0.39, 0.29) is 17.0 Å². The summed E-state index contributed by atoms with van der Waals surface area (Å²) in [7, 11) is 0. The summed E-state index contributed by atoms with van der Waals surface area (Å²) in [6.45, 7) is 12.7. The van der Waals surface area contributed by atoms with Crippen LogP contribution in [0, 0.1) is 16.7 Å². The van der Waals surface area contributed by atoms with E-state index in [1.807, 2.05) is 0 Å². The molecule has 0 aliphatic carbocycles. The summed E-state index contributed by atoms with van der Waals surface area (Å²) in [5.74, 6) is 0. The second-order valence-corrected chi connectivity index (χ2v) is 5.84. The van der Waals surface area contributed by atoms with Crippen LogP contribution in [0.3, 0.4) is 0 Å². The highest BCUT2D eigenvalue weighted by molar-refractivity contribution is 4.95. The van der Waals surface area contributed by atoms with Crippen molar-refractivity contribution in [2.75, 3.05) is 0 Å². The van der Waals surface area contributed by atoms with E-state index < -0.39 is 0 Å². The van der Waals surface area contributed by atoms with Crippen molar-refractivity contribution < 1.29 is 0 Å². The van der Waals surface area contributed by atoms with Crippen LogP contribution >= 0.6 is 0 Å². The zero-order valence-corrected chi connectivity index (χ0v) is 9.73. The molecule has 2 heteroatoms. The maximum Gasteiger partial charge on any atom is 0.0961 e. The quantitative estimate of drug-likeness (QED) is 0.712. The van der Waals surface area contributed by atoms with Gasteiger partial charge in [0.05, 0.1) is 12.1 Å². The minimum Gasteiger partial charge on any atom is -0.297 e. The molecule has 0 saturated heterocycles. The van der Waals surface area contributed by atoms with Crippen molar-refractivity contribution in [3.8, 4) is 6.07 Å². The van der Waals surface area contributed by atoms with Crippen molar-refractivity contribution in [1.29, 1.82) is 5.26 Å². The average Bonchev–Trinajstić information content (AvgIpc) is 1.79. The third kappa shape index (κ3) is 7.80. The molecule has 0 amide bonds. The number of hydrogen-bond acceptors (Lipinski definition) is 2. The summed E-state index contributed by atoms with van der Waals surface area (Å²) in [5.41, 5.74) is 0.226. The summed E-state index contributed by atoms with van der Waals surface area (Å²) < 4.78 is 0. The normalized spacial score (nSPS) is 15.2. The highest BCUT2D eigenvalue weighted by atomic mass is 15.0. The maximum atomic E-state index is 8.94. The first-order valence-corrected chi connectivity index (χ1v) is 4.81. The van der Waals surface area contributed by atoms with Gasteiger partial charge in [-0.25, -0.2) is 0 Å². The SMILES string of the molecule is CC(C)(C)CC(C#N)NC(C)(C)C. The van der Waals surface area contributed by atoms with Crippen LogP contribution in [0.25, 0.3) is 0 Å². The van der Waals surface area contributed by atoms with Crippen LogP contribution in [0.1, 0.15) is 48.0 Å². The summed E-state index contributed by atoms with van der Waals surface area (Å²) in [6.07, 6.45) is 0.890. The van der Waals surface area contributed by atoms with Gasteiger partial charge in [0.2, 0.25) is 0 Å². The van der Waals surface area contributed by atoms with Crippen LogP contribution in [0.5, 0.6) is 0 Å². The molecule has 0 bridgehead atoms. The molecule has 1 N–H and O–H groups in total. The molecule has 0 aromatic carbocycles. The first-order valence-electron chi connectivity index (χ1n) is 4.81. The number of nitriles is 1. The Morgan fingerprint density at radius 2 is 1.62 bits per heavy atom. The Balaban J connectivity index is 4.16. The van der Waals surface area contributed by atoms with E-state index in [4.69, 9.17) is 5.26 Å². The Kier molecular flexibility index (Phi) is 3.93. The fourth-order valence-electron chi connectivity index (χ4n) is 1.26. The predicted molar refractivity (Wildman–Crippen MR) is 56.4 cm³/mol. The largest absolute Gasteiger partial charge is 0.297 e. The van der Waals surface area contributed by atoms with Crippen LogP contribution < -0.4 is 5.32 Å². The first-order chi connectivity index (χ1) is 5.64. The Morgan fingerprint density at radius 3 is 1.85 bits per heavy atom. The van der Waals surface area contributed by atoms with Crippen molar-refractivity contribution in [3.63, 3.8) is 0 Å². The van der Waals surface area contributed by atoms with Gasteiger partial charge in [-0.2, -0.15) is 5.26 Å². The van der Waals surface area contributed by atoms with E-state index in [0.29, 0.717) is 0 Å². The van der Waals surface area contributed by atoms with Gasteiger partial charge in [-0.15, -0.1) is 0 Å². The monoisotopic (exact) mass is 182 g/mol. The van der Waals surface area contributed by atoms with E-state index in [1.165, 1.54) is 0 Å². The molecule has 0 saturated carbocycles. The van der Waals surface area contributed by atoms with Gasteiger partial charge in [-0.3, -0.25) is 5.32 Å². The van der Waals surface area contributed by atoms with Crippen molar-refractivity contribution in [1.82, 2.24) is 5.32 Å². The summed E-state index contributed by atoms with van der Waals surface area (Å²) >= 11 is 0. The zero-order chi connectivity index (χ0) is 10.7. The fourth-order valence-corrected chi connectivity index (χ4v) is 1.26. The fraction of sp³-hybridized carbons (Fsp3) is 0.909. The van der Waals surface area contributed by atoms with Gasteiger partial charge in [-0.1, -0.05) is 20.8 Å². The van der Waals surface area contributed by atoms with Crippen molar-refractivity contribution in [2.24, 2.45) is 5.41 Å². The minimum absolute atomic E-state index is 0.0195. The van der Waals surface area contributed by atoms with E-state index >= 15 is 0 Å². The summed E-state index contributed by atoms with van der Waals surface area (Å²) in [6, 6.07) is 2.26. The van der Waals surface area contributed by atoms with Crippen molar-refractivity contribution in [3.05, 3.63) is 0 Å². The topological polar surface area (TPSA) is 35.8 Å². The molecular formula is C11H22N2. The van der Waals surface area contributed by atoms with Gasteiger partial charge in [0.15, 0.2) is 0 Å². The van der Waals surface area contributed by atoms with Gasteiger partial charge in [-0.05, 0) is 32.6 Å². The number of nitrogens with one attached hydrogen (secondary N) is 1. The van der Waals surface area contributed by atoms with Crippen molar-refractivity contribution in [2.45, 2.75) is 59.5 Å². The number of rotatable bonds is 2. The first kappa shape index (κ1) is 12.4. The molecule has 2 nitrogen and oxygen atoms in total. The molecule has 0 radical (unpaired) electrons. The Bertz CT molecular complexity index is 172. The highest BCUT2D eigenvalue weighted by Gasteiger charge is 2.22. The smallest absolute Gasteiger partial charge is 0.0961 e. The van der Waals surface area contributed by atoms with Crippen LogP contribution in [0.2, 0.25) is 0 Å². The third-order valence-electron chi connectivity index (χ3n) is 1.58. The van der Waals surface area contributed by atoms with Crippen LogP contribution in [0.4, 0.5) is 0 Å². The lowest BCUT2D eigenvalue weighted by Gasteiger charge is -2.28. The summed E-state index contributed by atoms with van der Waals surface area (Å²) in [4.78, 5) is 0. The molecule has 13 heavy (non-hydrogen) atoms. The van der Waals surface area contributed by atoms with Crippen LogP contribution in [-0.2, 0) is 0 Å². The lowest BCUT2D eigenvalue weighted by atomic mass is 9.88.